The first-order chi connectivity index (χ1) is 9.41. The van der Waals surface area contributed by atoms with Gasteiger partial charge in [-0.25, -0.2) is 0 Å². The molecule has 111 valence electrons. The van der Waals surface area contributed by atoms with E-state index in [4.69, 9.17) is 5.73 Å². The van der Waals surface area contributed by atoms with Gasteiger partial charge in [0.05, 0.1) is 0 Å². The molecule has 20 heavy (non-hydrogen) atoms. The van der Waals surface area contributed by atoms with Crippen LogP contribution in [0.4, 0.5) is 0 Å². The van der Waals surface area contributed by atoms with E-state index in [9.17, 15) is 4.79 Å². The fourth-order valence-electron chi connectivity index (χ4n) is 2.26. The highest BCUT2D eigenvalue weighted by Gasteiger charge is 2.22. The number of carbonyl (C=O) groups is 1. The van der Waals surface area contributed by atoms with Crippen molar-refractivity contribution >= 4 is 17.7 Å². The summed E-state index contributed by atoms with van der Waals surface area (Å²) in [5.74, 6) is 0.739. The molecule has 1 radical (unpaired) electrons. The number of nitrogens with zero attached hydrogens (tertiary/aromatic N) is 1. The zero-order valence-electron chi connectivity index (χ0n) is 12.8. The minimum absolute atomic E-state index is 0.0867. The maximum Gasteiger partial charge on any atom is 0.224 e. The molecule has 1 atom stereocenters. The molecule has 0 aliphatic heterocycles. The van der Waals surface area contributed by atoms with Gasteiger partial charge < -0.3 is 4.90 Å². The van der Waals surface area contributed by atoms with Crippen molar-refractivity contribution in [3.05, 3.63) is 30.3 Å². The Labute approximate surface area is 126 Å². The van der Waals surface area contributed by atoms with Crippen LogP contribution in [-0.4, -0.2) is 34.7 Å². The van der Waals surface area contributed by atoms with Crippen molar-refractivity contribution in [3.8, 4) is 0 Å². The molecule has 0 aliphatic carbocycles. The van der Waals surface area contributed by atoms with Crippen molar-refractivity contribution in [1.29, 1.82) is 0 Å². The largest absolute Gasteiger partial charge is 0.338 e. The molecule has 0 bridgehead atoms. The zero-order valence-corrected chi connectivity index (χ0v) is 13.6. The van der Waals surface area contributed by atoms with E-state index >= 15 is 0 Å². The van der Waals surface area contributed by atoms with Crippen LogP contribution < -0.4 is 5.73 Å². The summed E-state index contributed by atoms with van der Waals surface area (Å²) in [4.78, 5) is 15.3. The number of hydrogen-bond donors (Lipinski definition) is 0. The van der Waals surface area contributed by atoms with E-state index < -0.39 is 0 Å². The van der Waals surface area contributed by atoms with Gasteiger partial charge in [-0.15, -0.1) is 11.8 Å². The highest BCUT2D eigenvalue weighted by atomic mass is 32.2. The fourth-order valence-corrected chi connectivity index (χ4v) is 3.12. The van der Waals surface area contributed by atoms with Crippen LogP contribution in [0.1, 0.15) is 34.1 Å². The molecule has 3 nitrogen and oxygen atoms in total. The van der Waals surface area contributed by atoms with E-state index in [1.165, 1.54) is 0 Å². The average Bonchev–Trinajstić information content (AvgIpc) is 2.36. The summed E-state index contributed by atoms with van der Waals surface area (Å²) >= 11 is 1.64. The molecular weight excluding hydrogens is 268 g/mol. The Morgan fingerprint density at radius 3 is 2.20 bits per heavy atom. The van der Waals surface area contributed by atoms with Gasteiger partial charge in [0.1, 0.15) is 0 Å². The first kappa shape index (κ1) is 17.1. The molecule has 0 spiro atoms. The molecule has 4 heteroatoms. The van der Waals surface area contributed by atoms with Crippen molar-refractivity contribution in [3.63, 3.8) is 0 Å². The van der Waals surface area contributed by atoms with Crippen LogP contribution in [0, 0.1) is 0 Å². The standard InChI is InChI=1S/C16H25N2OS/c1-12(2)18(13(3)4)16(19)10-14(17)11-20-15-8-6-5-7-9-15/h5-9,12-14,17H,10-11H2,1-4H3/t14-/m1/s1. The van der Waals surface area contributed by atoms with Gasteiger partial charge in [-0.2, -0.15) is 0 Å². The second kappa shape index (κ2) is 8.32. The topological polar surface area (TPSA) is 44.1 Å². The van der Waals surface area contributed by atoms with Crippen LogP contribution in [-0.2, 0) is 4.79 Å². The molecule has 0 unspecified atom stereocenters. The molecule has 1 amide bonds. The Morgan fingerprint density at radius 1 is 1.15 bits per heavy atom. The summed E-state index contributed by atoms with van der Waals surface area (Å²) in [5.41, 5.74) is 8.06. The molecule has 0 saturated heterocycles. The number of benzene rings is 1. The predicted molar refractivity (Wildman–Crippen MR) is 85.8 cm³/mol. The van der Waals surface area contributed by atoms with Gasteiger partial charge in [0, 0.05) is 35.2 Å². The van der Waals surface area contributed by atoms with Crippen molar-refractivity contribution in [1.82, 2.24) is 10.6 Å². The number of thioether (sulfide) groups is 1. The summed E-state index contributed by atoms with van der Waals surface area (Å²) in [6, 6.07) is 10.1. The minimum Gasteiger partial charge on any atom is -0.338 e. The molecule has 1 N–H and O–H groups in total. The van der Waals surface area contributed by atoms with Crippen LogP contribution in [0.2, 0.25) is 0 Å². The van der Waals surface area contributed by atoms with E-state index in [2.05, 4.69) is 0 Å². The Bertz CT molecular complexity index is 398. The number of hydrogen-bond acceptors (Lipinski definition) is 2. The highest BCUT2D eigenvalue weighted by Crippen LogP contribution is 2.19. The maximum absolute atomic E-state index is 12.2. The van der Waals surface area contributed by atoms with Gasteiger partial charge in [-0.1, -0.05) is 18.2 Å². The Kier molecular flexibility index (Phi) is 7.10. The molecule has 1 aromatic rings. The van der Waals surface area contributed by atoms with Crippen molar-refractivity contribution in [2.75, 3.05) is 5.75 Å². The lowest BCUT2D eigenvalue weighted by Gasteiger charge is -2.31. The summed E-state index contributed by atoms with van der Waals surface area (Å²) in [7, 11) is 0. The van der Waals surface area contributed by atoms with Crippen LogP contribution in [0.3, 0.4) is 0 Å². The summed E-state index contributed by atoms with van der Waals surface area (Å²) < 4.78 is 0. The average molecular weight is 293 g/mol. The Balaban J connectivity index is 2.45. The SMILES string of the molecule is CC(C)N(C(=O)C[C@@H]([NH])CSc1ccccc1)C(C)C. The molecule has 0 fully saturated rings. The molecule has 0 aromatic heterocycles. The normalized spacial score (nSPS) is 12.8. The predicted octanol–water partition coefficient (Wildman–Crippen LogP) is 3.47. The molecule has 0 saturated carbocycles. The first-order valence-corrected chi connectivity index (χ1v) is 8.10. The lowest BCUT2D eigenvalue weighted by atomic mass is 10.1. The molecule has 1 aromatic carbocycles. The zero-order chi connectivity index (χ0) is 15.1. The van der Waals surface area contributed by atoms with Crippen molar-refractivity contribution in [2.24, 2.45) is 0 Å². The quantitative estimate of drug-likeness (QED) is 0.723. The van der Waals surface area contributed by atoms with E-state index in [-0.39, 0.29) is 24.0 Å². The van der Waals surface area contributed by atoms with Gasteiger partial charge in [-0.3, -0.25) is 10.5 Å². The molecule has 0 aliphatic rings. The van der Waals surface area contributed by atoms with Gasteiger partial charge >= 0.3 is 0 Å². The summed E-state index contributed by atoms with van der Waals surface area (Å²) in [5, 5.41) is 0. The Morgan fingerprint density at radius 2 is 1.70 bits per heavy atom. The lowest BCUT2D eigenvalue weighted by molar-refractivity contribution is -0.135. The van der Waals surface area contributed by atoms with Crippen molar-refractivity contribution < 1.29 is 4.79 Å². The van der Waals surface area contributed by atoms with Crippen molar-refractivity contribution in [2.45, 2.75) is 57.1 Å². The monoisotopic (exact) mass is 293 g/mol. The van der Waals surface area contributed by atoms with Gasteiger partial charge in [0.15, 0.2) is 0 Å². The second-order valence-corrected chi connectivity index (χ2v) is 6.61. The third-order valence-corrected chi connectivity index (χ3v) is 4.19. The number of carbonyl (C=O) groups excluding carboxylic acids is 1. The second-order valence-electron chi connectivity index (χ2n) is 5.51. The number of amides is 1. The third kappa shape index (κ3) is 5.55. The van der Waals surface area contributed by atoms with Crippen LogP contribution in [0.25, 0.3) is 0 Å². The molecule has 0 heterocycles. The van der Waals surface area contributed by atoms with E-state index in [0.717, 1.165) is 4.90 Å². The van der Waals surface area contributed by atoms with Crippen LogP contribution >= 0.6 is 11.8 Å². The number of nitrogens with one attached hydrogen (secondary N) is 1. The first-order valence-electron chi connectivity index (χ1n) is 7.12. The smallest absolute Gasteiger partial charge is 0.224 e. The van der Waals surface area contributed by atoms with E-state index in [1.54, 1.807) is 11.8 Å². The van der Waals surface area contributed by atoms with E-state index in [1.807, 2.05) is 62.9 Å². The van der Waals surface area contributed by atoms with Gasteiger partial charge in [0.25, 0.3) is 0 Å². The Hall–Kier alpha value is -1.00. The highest BCUT2D eigenvalue weighted by molar-refractivity contribution is 7.99. The van der Waals surface area contributed by atoms with E-state index in [0.29, 0.717) is 12.2 Å². The maximum atomic E-state index is 12.2. The minimum atomic E-state index is -0.354. The lowest BCUT2D eigenvalue weighted by Crippen LogP contribution is -2.43. The number of rotatable bonds is 7. The third-order valence-electron chi connectivity index (χ3n) is 3.02. The summed E-state index contributed by atoms with van der Waals surface area (Å²) in [6.45, 7) is 8.09. The van der Waals surface area contributed by atoms with Gasteiger partial charge in [0.2, 0.25) is 5.91 Å². The van der Waals surface area contributed by atoms with Crippen LogP contribution in [0.15, 0.2) is 35.2 Å². The van der Waals surface area contributed by atoms with Crippen LogP contribution in [0.5, 0.6) is 0 Å². The summed E-state index contributed by atoms with van der Waals surface area (Å²) in [6.07, 6.45) is 0.302. The molecule has 1 rings (SSSR count). The molecular formula is C16H25N2OS. The van der Waals surface area contributed by atoms with Gasteiger partial charge in [-0.05, 0) is 39.8 Å². The fraction of sp³-hybridized carbons (Fsp3) is 0.562.